The Bertz CT molecular complexity index is 757. The summed E-state index contributed by atoms with van der Waals surface area (Å²) in [7, 11) is 1.82. The summed E-state index contributed by atoms with van der Waals surface area (Å²) in [5.74, 6) is 0. The highest BCUT2D eigenvalue weighted by atomic mass is 16.1. The quantitative estimate of drug-likeness (QED) is 0.635. The summed E-state index contributed by atoms with van der Waals surface area (Å²) >= 11 is 0. The van der Waals surface area contributed by atoms with Crippen LogP contribution >= 0.6 is 0 Å². The van der Waals surface area contributed by atoms with Crippen molar-refractivity contribution in [2.75, 3.05) is 0 Å². The van der Waals surface area contributed by atoms with Gasteiger partial charge in [-0.05, 0) is 23.1 Å². The van der Waals surface area contributed by atoms with Crippen molar-refractivity contribution in [2.24, 2.45) is 7.05 Å². The molecule has 18 heavy (non-hydrogen) atoms. The number of hydrogen-bond donors (Lipinski definition) is 0. The first-order chi connectivity index (χ1) is 8.77. The Morgan fingerprint density at radius 1 is 0.889 bits per heavy atom. The van der Waals surface area contributed by atoms with Crippen LogP contribution in [0.5, 0.6) is 0 Å². The highest BCUT2D eigenvalue weighted by Gasteiger charge is 2.06. The summed E-state index contributed by atoms with van der Waals surface area (Å²) in [6.45, 7) is 0. The third kappa shape index (κ3) is 1.63. The van der Waals surface area contributed by atoms with E-state index in [1.165, 1.54) is 0 Å². The predicted octanol–water partition coefficient (Wildman–Crippen LogP) is 3.21. The van der Waals surface area contributed by atoms with Gasteiger partial charge in [-0.25, -0.2) is 0 Å². The second-order valence-electron chi connectivity index (χ2n) is 4.35. The van der Waals surface area contributed by atoms with Crippen LogP contribution in [0.4, 0.5) is 0 Å². The summed E-state index contributed by atoms with van der Waals surface area (Å²) in [5, 5.41) is 1.75. The van der Waals surface area contributed by atoms with Gasteiger partial charge in [0.1, 0.15) is 0 Å². The second-order valence-corrected chi connectivity index (χ2v) is 4.35. The van der Waals surface area contributed by atoms with Crippen molar-refractivity contribution >= 4 is 10.8 Å². The normalized spacial score (nSPS) is 10.7. The monoisotopic (exact) mass is 235 g/mol. The molecule has 2 nitrogen and oxygen atoms in total. The van der Waals surface area contributed by atoms with Gasteiger partial charge in [-0.3, -0.25) is 4.79 Å². The zero-order valence-corrected chi connectivity index (χ0v) is 10.1. The van der Waals surface area contributed by atoms with Crippen molar-refractivity contribution in [2.45, 2.75) is 0 Å². The van der Waals surface area contributed by atoms with Crippen LogP contribution in [-0.4, -0.2) is 4.57 Å². The van der Waals surface area contributed by atoms with E-state index < -0.39 is 0 Å². The Morgan fingerprint density at radius 3 is 2.33 bits per heavy atom. The molecule has 0 atom stereocenters. The first-order valence-electron chi connectivity index (χ1n) is 5.91. The molecule has 1 heterocycles. The van der Waals surface area contributed by atoms with Gasteiger partial charge >= 0.3 is 0 Å². The molecule has 0 aliphatic carbocycles. The molecule has 1 aromatic heterocycles. The molecule has 0 fully saturated rings. The predicted molar refractivity (Wildman–Crippen MR) is 74.6 cm³/mol. The van der Waals surface area contributed by atoms with Gasteiger partial charge in [0.05, 0.1) is 5.69 Å². The molecule has 3 rings (SSSR count). The SMILES string of the molecule is Cn1c(-c2ccccc2)cc2ccccc2c1=O. The molecule has 3 aromatic rings. The average molecular weight is 235 g/mol. The van der Waals surface area contributed by atoms with Gasteiger partial charge in [-0.2, -0.15) is 0 Å². The Kier molecular flexibility index (Phi) is 2.49. The second kappa shape index (κ2) is 4.15. The van der Waals surface area contributed by atoms with Gasteiger partial charge in [0.2, 0.25) is 0 Å². The lowest BCUT2D eigenvalue weighted by atomic mass is 10.1. The molecule has 0 radical (unpaired) electrons. The molecule has 0 amide bonds. The minimum absolute atomic E-state index is 0.0481. The van der Waals surface area contributed by atoms with Crippen LogP contribution in [0, 0.1) is 0 Å². The molecule has 0 saturated heterocycles. The van der Waals surface area contributed by atoms with Crippen molar-refractivity contribution in [3.8, 4) is 11.3 Å². The molecule has 0 N–H and O–H groups in total. The summed E-state index contributed by atoms with van der Waals surface area (Å²) in [6.07, 6.45) is 0. The van der Waals surface area contributed by atoms with Crippen molar-refractivity contribution in [3.05, 3.63) is 71.0 Å². The molecule has 2 heteroatoms. The number of pyridine rings is 1. The first-order valence-corrected chi connectivity index (χ1v) is 5.91. The molecular formula is C16H13NO. The molecular weight excluding hydrogens is 222 g/mol. The molecule has 0 spiro atoms. The number of hydrogen-bond acceptors (Lipinski definition) is 1. The topological polar surface area (TPSA) is 22.0 Å². The van der Waals surface area contributed by atoms with Gasteiger partial charge < -0.3 is 4.57 Å². The molecule has 2 aromatic carbocycles. The van der Waals surface area contributed by atoms with Gasteiger partial charge in [-0.1, -0.05) is 48.5 Å². The standard InChI is InChI=1S/C16H13NO/c1-17-15(12-7-3-2-4-8-12)11-13-9-5-6-10-14(13)16(17)18/h2-11H,1H3. The Hall–Kier alpha value is -2.35. The van der Waals surface area contributed by atoms with Crippen LogP contribution in [0.1, 0.15) is 0 Å². The molecule has 0 aliphatic heterocycles. The first kappa shape index (κ1) is 10.8. The molecule has 88 valence electrons. The van der Waals surface area contributed by atoms with E-state index in [4.69, 9.17) is 0 Å². The molecule has 0 unspecified atom stereocenters. The highest BCUT2D eigenvalue weighted by Crippen LogP contribution is 2.21. The number of fused-ring (bicyclic) bond motifs is 1. The van der Waals surface area contributed by atoms with Gasteiger partial charge in [0.25, 0.3) is 5.56 Å². The van der Waals surface area contributed by atoms with Crippen molar-refractivity contribution < 1.29 is 0 Å². The van der Waals surface area contributed by atoms with E-state index in [0.717, 1.165) is 22.0 Å². The van der Waals surface area contributed by atoms with Gasteiger partial charge in [0.15, 0.2) is 0 Å². The van der Waals surface area contributed by atoms with E-state index in [0.29, 0.717) is 0 Å². The van der Waals surface area contributed by atoms with Gasteiger partial charge in [0, 0.05) is 12.4 Å². The zero-order valence-electron chi connectivity index (χ0n) is 10.1. The fraction of sp³-hybridized carbons (Fsp3) is 0.0625. The zero-order chi connectivity index (χ0) is 12.5. The molecule has 0 saturated carbocycles. The lowest BCUT2D eigenvalue weighted by Crippen LogP contribution is -2.18. The Balaban J connectivity index is 2.38. The molecule has 0 aliphatic rings. The Labute approximate surface area is 105 Å². The van der Waals surface area contributed by atoms with Crippen LogP contribution in [-0.2, 0) is 7.05 Å². The lowest BCUT2D eigenvalue weighted by molar-refractivity contribution is 0.883. The number of nitrogens with zero attached hydrogens (tertiary/aromatic N) is 1. The van der Waals surface area contributed by atoms with Crippen LogP contribution in [0.25, 0.3) is 22.0 Å². The summed E-state index contributed by atoms with van der Waals surface area (Å²) in [4.78, 5) is 12.3. The average Bonchev–Trinajstić information content (AvgIpc) is 2.44. The van der Waals surface area contributed by atoms with Crippen LogP contribution in [0.3, 0.4) is 0 Å². The fourth-order valence-corrected chi connectivity index (χ4v) is 2.24. The minimum atomic E-state index is 0.0481. The van der Waals surface area contributed by atoms with Crippen LogP contribution < -0.4 is 5.56 Å². The lowest BCUT2D eigenvalue weighted by Gasteiger charge is -2.10. The van der Waals surface area contributed by atoms with Crippen LogP contribution in [0.15, 0.2) is 65.5 Å². The van der Waals surface area contributed by atoms with Crippen molar-refractivity contribution in [1.29, 1.82) is 0 Å². The van der Waals surface area contributed by atoms with E-state index >= 15 is 0 Å². The van der Waals surface area contributed by atoms with E-state index in [9.17, 15) is 4.79 Å². The summed E-state index contributed by atoms with van der Waals surface area (Å²) in [5.41, 5.74) is 2.05. The fourth-order valence-electron chi connectivity index (χ4n) is 2.24. The largest absolute Gasteiger partial charge is 0.311 e. The maximum atomic E-state index is 12.3. The third-order valence-electron chi connectivity index (χ3n) is 3.22. The maximum absolute atomic E-state index is 12.3. The minimum Gasteiger partial charge on any atom is -0.311 e. The number of rotatable bonds is 1. The molecule has 0 bridgehead atoms. The van der Waals surface area contributed by atoms with E-state index in [-0.39, 0.29) is 5.56 Å². The number of benzene rings is 2. The third-order valence-corrected chi connectivity index (χ3v) is 3.22. The van der Waals surface area contributed by atoms with Crippen LogP contribution in [0.2, 0.25) is 0 Å². The highest BCUT2D eigenvalue weighted by molar-refractivity contribution is 5.85. The van der Waals surface area contributed by atoms with Crippen molar-refractivity contribution in [3.63, 3.8) is 0 Å². The van der Waals surface area contributed by atoms with Gasteiger partial charge in [-0.15, -0.1) is 0 Å². The number of aromatic nitrogens is 1. The summed E-state index contributed by atoms with van der Waals surface area (Å²) in [6, 6.07) is 19.7. The summed E-state index contributed by atoms with van der Waals surface area (Å²) < 4.78 is 1.71. The van der Waals surface area contributed by atoms with E-state index in [2.05, 4.69) is 6.07 Å². The smallest absolute Gasteiger partial charge is 0.258 e. The Morgan fingerprint density at radius 2 is 1.56 bits per heavy atom. The maximum Gasteiger partial charge on any atom is 0.258 e. The van der Waals surface area contributed by atoms with E-state index in [1.54, 1.807) is 4.57 Å². The van der Waals surface area contributed by atoms with Crippen molar-refractivity contribution in [1.82, 2.24) is 4.57 Å². The van der Waals surface area contributed by atoms with E-state index in [1.807, 2.05) is 61.6 Å².